The molecule has 0 aliphatic heterocycles. The molecule has 32 heavy (non-hydrogen) atoms. The normalized spacial score (nSPS) is 11.6. The van der Waals surface area contributed by atoms with Crippen LogP contribution in [0.2, 0.25) is 0 Å². The van der Waals surface area contributed by atoms with Gasteiger partial charge in [-0.1, -0.05) is 118 Å². The standard InChI is InChI=1S/C29H29O2Si/c1-29(2,3)23-19-17-22(18-20-23)26-15-10-16-28(30)27(26)21-31-32(24-11-6-4-7-12-24)25-13-8-5-9-14-25/h4-20,30H,21H2,1-3H3. The molecular formula is C29H29O2Si. The molecule has 0 aromatic heterocycles. The van der Waals surface area contributed by atoms with E-state index in [4.69, 9.17) is 4.43 Å². The third kappa shape index (κ3) is 5.01. The van der Waals surface area contributed by atoms with Crippen LogP contribution in [0.4, 0.5) is 0 Å². The van der Waals surface area contributed by atoms with Crippen molar-refractivity contribution in [2.75, 3.05) is 0 Å². The van der Waals surface area contributed by atoms with Crippen LogP contribution in [0.15, 0.2) is 103 Å². The lowest BCUT2D eigenvalue weighted by atomic mass is 9.86. The minimum atomic E-state index is -1.45. The molecule has 0 aliphatic rings. The summed E-state index contributed by atoms with van der Waals surface area (Å²) >= 11 is 0. The van der Waals surface area contributed by atoms with E-state index in [1.54, 1.807) is 6.07 Å². The van der Waals surface area contributed by atoms with Crippen LogP contribution in [0.5, 0.6) is 5.75 Å². The number of benzene rings is 4. The van der Waals surface area contributed by atoms with E-state index in [0.717, 1.165) is 16.7 Å². The van der Waals surface area contributed by atoms with Crippen LogP contribution in [0.25, 0.3) is 11.1 Å². The fraction of sp³-hybridized carbons (Fsp3) is 0.172. The maximum atomic E-state index is 10.7. The van der Waals surface area contributed by atoms with Crippen LogP contribution in [0.3, 0.4) is 0 Å². The summed E-state index contributed by atoms with van der Waals surface area (Å²) in [6.07, 6.45) is 0. The Morgan fingerprint density at radius 2 is 1.25 bits per heavy atom. The highest BCUT2D eigenvalue weighted by molar-refractivity contribution is 6.80. The molecule has 0 atom stereocenters. The topological polar surface area (TPSA) is 29.5 Å². The lowest BCUT2D eigenvalue weighted by molar-refractivity contribution is 0.314. The predicted octanol–water partition coefficient (Wildman–Crippen LogP) is 5.68. The molecule has 0 heterocycles. The maximum Gasteiger partial charge on any atom is 0.283 e. The van der Waals surface area contributed by atoms with Crippen molar-refractivity contribution in [3.8, 4) is 16.9 Å². The molecule has 0 aliphatic carbocycles. The van der Waals surface area contributed by atoms with E-state index in [1.165, 1.54) is 15.9 Å². The summed E-state index contributed by atoms with van der Waals surface area (Å²) in [5.41, 5.74) is 4.31. The van der Waals surface area contributed by atoms with Gasteiger partial charge in [-0.2, -0.15) is 0 Å². The van der Waals surface area contributed by atoms with Crippen LogP contribution in [0.1, 0.15) is 31.9 Å². The molecule has 2 nitrogen and oxygen atoms in total. The second-order valence-electron chi connectivity index (χ2n) is 8.98. The monoisotopic (exact) mass is 437 g/mol. The van der Waals surface area contributed by atoms with Crippen molar-refractivity contribution in [2.24, 2.45) is 0 Å². The zero-order valence-corrected chi connectivity index (χ0v) is 19.9. The minimum absolute atomic E-state index is 0.103. The molecular weight excluding hydrogens is 408 g/mol. The zero-order chi connectivity index (χ0) is 22.6. The third-order valence-corrected chi connectivity index (χ3v) is 7.79. The average Bonchev–Trinajstić information content (AvgIpc) is 2.81. The van der Waals surface area contributed by atoms with Crippen LogP contribution < -0.4 is 10.4 Å². The largest absolute Gasteiger partial charge is 0.508 e. The predicted molar refractivity (Wildman–Crippen MR) is 135 cm³/mol. The van der Waals surface area contributed by atoms with Gasteiger partial charge in [0, 0.05) is 5.56 Å². The van der Waals surface area contributed by atoms with Crippen molar-refractivity contribution in [3.63, 3.8) is 0 Å². The molecule has 0 unspecified atom stereocenters. The van der Waals surface area contributed by atoms with Crippen molar-refractivity contribution in [1.29, 1.82) is 0 Å². The Bertz CT molecular complexity index is 1110. The fourth-order valence-corrected chi connectivity index (χ4v) is 5.75. The molecule has 0 bridgehead atoms. The second-order valence-corrected chi connectivity index (χ2v) is 11.1. The van der Waals surface area contributed by atoms with Crippen molar-refractivity contribution in [1.82, 2.24) is 0 Å². The lowest BCUT2D eigenvalue weighted by Crippen LogP contribution is -2.44. The molecule has 4 aromatic carbocycles. The van der Waals surface area contributed by atoms with Crippen LogP contribution in [-0.2, 0) is 16.4 Å². The molecule has 1 radical (unpaired) electrons. The SMILES string of the molecule is CC(C)(C)c1ccc(-c2cccc(O)c2CO[Si](c2ccccc2)c2ccccc2)cc1. The lowest BCUT2D eigenvalue weighted by Gasteiger charge is -2.20. The highest BCUT2D eigenvalue weighted by atomic mass is 28.3. The Balaban J connectivity index is 1.65. The van der Waals surface area contributed by atoms with Gasteiger partial charge in [-0.15, -0.1) is 0 Å². The van der Waals surface area contributed by atoms with E-state index in [1.807, 2.05) is 18.2 Å². The minimum Gasteiger partial charge on any atom is -0.508 e. The summed E-state index contributed by atoms with van der Waals surface area (Å²) in [6.45, 7) is 6.99. The number of rotatable bonds is 6. The van der Waals surface area contributed by atoms with Crippen LogP contribution in [-0.4, -0.2) is 14.1 Å². The Hall–Kier alpha value is -3.14. The van der Waals surface area contributed by atoms with Crippen molar-refractivity contribution < 1.29 is 9.53 Å². The Kier molecular flexibility index (Phi) is 6.59. The summed E-state index contributed by atoms with van der Waals surface area (Å²) in [5.74, 6) is 0.268. The number of aromatic hydroxyl groups is 1. The van der Waals surface area contributed by atoms with Crippen molar-refractivity contribution in [3.05, 3.63) is 114 Å². The van der Waals surface area contributed by atoms with E-state index in [9.17, 15) is 5.11 Å². The molecule has 0 amide bonds. The van der Waals surface area contributed by atoms with E-state index in [-0.39, 0.29) is 11.2 Å². The summed E-state index contributed by atoms with van der Waals surface area (Å²) in [4.78, 5) is 0. The summed E-state index contributed by atoms with van der Waals surface area (Å²) in [5, 5.41) is 13.1. The Morgan fingerprint density at radius 1 is 0.688 bits per heavy atom. The summed E-state index contributed by atoms with van der Waals surface area (Å²) in [7, 11) is -1.45. The Labute approximate surface area is 192 Å². The molecule has 0 saturated carbocycles. The molecule has 4 rings (SSSR count). The Morgan fingerprint density at radius 3 is 1.78 bits per heavy atom. The summed E-state index contributed by atoms with van der Waals surface area (Å²) in [6, 6.07) is 35.1. The van der Waals surface area contributed by atoms with Crippen molar-refractivity contribution >= 4 is 19.4 Å². The van der Waals surface area contributed by atoms with Crippen LogP contribution in [0, 0.1) is 0 Å². The molecule has 0 fully saturated rings. The van der Waals surface area contributed by atoms with Crippen molar-refractivity contribution in [2.45, 2.75) is 32.8 Å². The first-order valence-electron chi connectivity index (χ1n) is 11.0. The van der Waals surface area contributed by atoms with Gasteiger partial charge in [-0.05, 0) is 38.5 Å². The smallest absolute Gasteiger partial charge is 0.283 e. The second kappa shape index (κ2) is 9.56. The zero-order valence-electron chi connectivity index (χ0n) is 18.9. The highest BCUT2D eigenvalue weighted by Gasteiger charge is 2.21. The first kappa shape index (κ1) is 22.1. The number of hydrogen-bond acceptors (Lipinski definition) is 2. The molecule has 4 aromatic rings. The average molecular weight is 438 g/mol. The van der Waals surface area contributed by atoms with E-state index < -0.39 is 9.04 Å². The van der Waals surface area contributed by atoms with Gasteiger partial charge < -0.3 is 9.53 Å². The quantitative estimate of drug-likeness (QED) is 0.393. The van der Waals surface area contributed by atoms with Gasteiger partial charge in [-0.3, -0.25) is 0 Å². The van der Waals surface area contributed by atoms with E-state index in [2.05, 4.69) is 99.6 Å². The maximum absolute atomic E-state index is 10.7. The van der Waals surface area contributed by atoms with Gasteiger partial charge >= 0.3 is 0 Å². The number of phenols is 1. The van der Waals surface area contributed by atoms with Gasteiger partial charge in [0.25, 0.3) is 9.04 Å². The molecule has 3 heteroatoms. The van der Waals surface area contributed by atoms with Crippen LogP contribution >= 0.6 is 0 Å². The third-order valence-electron chi connectivity index (χ3n) is 5.65. The molecule has 0 spiro atoms. The van der Waals surface area contributed by atoms with Gasteiger partial charge in [0.2, 0.25) is 0 Å². The van der Waals surface area contributed by atoms with Gasteiger partial charge in [-0.25, -0.2) is 0 Å². The molecule has 0 saturated heterocycles. The van der Waals surface area contributed by atoms with Gasteiger partial charge in [0.1, 0.15) is 5.75 Å². The number of hydrogen-bond donors (Lipinski definition) is 1. The summed E-state index contributed by atoms with van der Waals surface area (Å²) < 4.78 is 6.56. The molecule has 1 N–H and O–H groups in total. The van der Waals surface area contributed by atoms with E-state index in [0.29, 0.717) is 6.61 Å². The van der Waals surface area contributed by atoms with E-state index >= 15 is 0 Å². The van der Waals surface area contributed by atoms with Gasteiger partial charge in [0.05, 0.1) is 6.61 Å². The fourth-order valence-electron chi connectivity index (χ4n) is 3.80. The first-order chi connectivity index (χ1) is 15.4. The molecule has 161 valence electrons. The highest BCUT2D eigenvalue weighted by Crippen LogP contribution is 2.32. The number of phenolic OH excluding ortho intramolecular Hbond substituents is 1. The van der Waals surface area contributed by atoms with Gasteiger partial charge in [0.15, 0.2) is 0 Å². The first-order valence-corrected chi connectivity index (χ1v) is 12.4.